The van der Waals surface area contributed by atoms with Crippen molar-refractivity contribution in [2.24, 2.45) is 0 Å². The molecule has 0 aliphatic carbocycles. The molecule has 0 aliphatic rings. The van der Waals surface area contributed by atoms with E-state index in [0.717, 1.165) is 5.52 Å². The van der Waals surface area contributed by atoms with E-state index in [2.05, 4.69) is 11.1 Å². The van der Waals surface area contributed by atoms with Crippen LogP contribution in [0.25, 0.3) is 10.9 Å². The molecule has 0 fully saturated rings. The monoisotopic (exact) mass is 189 g/mol. The van der Waals surface area contributed by atoms with Gasteiger partial charge in [-0.15, -0.1) is 0 Å². The number of H-pyrrole nitrogens is 1. The highest BCUT2D eigenvalue weighted by atomic mass is 16.3. The lowest BCUT2D eigenvalue weighted by Crippen LogP contribution is -2.10. The van der Waals surface area contributed by atoms with Crippen molar-refractivity contribution in [2.45, 2.75) is 25.9 Å². The van der Waals surface area contributed by atoms with Gasteiger partial charge in [0.25, 0.3) is 0 Å². The summed E-state index contributed by atoms with van der Waals surface area (Å²) in [7, 11) is 0. The van der Waals surface area contributed by atoms with Crippen molar-refractivity contribution in [3.05, 3.63) is 36.0 Å². The first-order chi connectivity index (χ1) is 6.70. The molecule has 2 N–H and O–H groups in total. The van der Waals surface area contributed by atoms with E-state index in [1.54, 1.807) is 0 Å². The van der Waals surface area contributed by atoms with Gasteiger partial charge in [0.2, 0.25) is 0 Å². The second-order valence-electron chi connectivity index (χ2n) is 3.82. The van der Waals surface area contributed by atoms with Crippen molar-refractivity contribution >= 4 is 10.9 Å². The molecule has 0 amide bonds. The molecule has 0 radical (unpaired) electrons. The van der Waals surface area contributed by atoms with Gasteiger partial charge in [0.1, 0.15) is 0 Å². The Kier molecular flexibility index (Phi) is 2.30. The van der Waals surface area contributed by atoms with Crippen LogP contribution >= 0.6 is 0 Å². The molecule has 74 valence electrons. The normalized spacial score (nSPS) is 15.6. The van der Waals surface area contributed by atoms with E-state index in [1.807, 2.05) is 38.2 Å². The summed E-state index contributed by atoms with van der Waals surface area (Å²) in [6.45, 7) is 3.87. The van der Waals surface area contributed by atoms with Gasteiger partial charge in [0.05, 0.1) is 6.10 Å². The second kappa shape index (κ2) is 3.46. The maximum atomic E-state index is 9.54. The third-order valence-electron chi connectivity index (χ3n) is 2.84. The van der Waals surface area contributed by atoms with Crippen molar-refractivity contribution in [3.8, 4) is 0 Å². The van der Waals surface area contributed by atoms with Gasteiger partial charge in [-0.3, -0.25) is 0 Å². The van der Waals surface area contributed by atoms with Gasteiger partial charge in [-0.25, -0.2) is 0 Å². The highest BCUT2D eigenvalue weighted by Crippen LogP contribution is 2.27. The first-order valence-electron chi connectivity index (χ1n) is 4.94. The summed E-state index contributed by atoms with van der Waals surface area (Å²) in [5.74, 6) is 0.172. The molecule has 0 aliphatic heterocycles. The van der Waals surface area contributed by atoms with Crippen LogP contribution in [-0.4, -0.2) is 16.2 Å². The molecule has 0 unspecified atom stereocenters. The first kappa shape index (κ1) is 9.28. The van der Waals surface area contributed by atoms with Gasteiger partial charge >= 0.3 is 0 Å². The number of aromatic nitrogens is 1. The minimum absolute atomic E-state index is 0.172. The first-order valence-corrected chi connectivity index (χ1v) is 4.94. The fourth-order valence-corrected chi connectivity index (χ4v) is 1.73. The molecule has 1 heterocycles. The van der Waals surface area contributed by atoms with Crippen LogP contribution in [-0.2, 0) is 0 Å². The molecule has 2 atom stereocenters. The Hall–Kier alpha value is -1.28. The maximum absolute atomic E-state index is 9.54. The summed E-state index contributed by atoms with van der Waals surface area (Å²) in [4.78, 5) is 3.21. The van der Waals surface area contributed by atoms with Gasteiger partial charge in [-0.05, 0) is 18.6 Å². The number of para-hydroxylation sites is 1. The van der Waals surface area contributed by atoms with E-state index < -0.39 is 0 Å². The van der Waals surface area contributed by atoms with Crippen LogP contribution in [0.4, 0.5) is 0 Å². The smallest absolute Gasteiger partial charge is 0.0578 e. The molecule has 2 rings (SSSR count). The van der Waals surface area contributed by atoms with Crippen LogP contribution < -0.4 is 0 Å². The fraction of sp³-hybridized carbons (Fsp3) is 0.333. The molecule has 2 aromatic rings. The number of aliphatic hydroxyl groups is 1. The predicted molar refractivity (Wildman–Crippen MR) is 58.4 cm³/mol. The van der Waals surface area contributed by atoms with E-state index in [-0.39, 0.29) is 12.0 Å². The van der Waals surface area contributed by atoms with Gasteiger partial charge in [-0.1, -0.05) is 25.1 Å². The summed E-state index contributed by atoms with van der Waals surface area (Å²) in [5, 5.41) is 10.7. The van der Waals surface area contributed by atoms with Crippen molar-refractivity contribution in [1.29, 1.82) is 0 Å². The number of aromatic amines is 1. The molecule has 0 spiro atoms. The van der Waals surface area contributed by atoms with Crippen molar-refractivity contribution in [3.63, 3.8) is 0 Å². The average Bonchev–Trinajstić information content (AvgIpc) is 2.60. The summed E-state index contributed by atoms with van der Waals surface area (Å²) in [6, 6.07) is 8.16. The van der Waals surface area contributed by atoms with E-state index >= 15 is 0 Å². The summed E-state index contributed by atoms with van der Waals surface area (Å²) in [6.07, 6.45) is 1.68. The lowest BCUT2D eigenvalue weighted by atomic mass is 9.96. The topological polar surface area (TPSA) is 36.0 Å². The lowest BCUT2D eigenvalue weighted by molar-refractivity contribution is 0.169. The van der Waals surface area contributed by atoms with E-state index in [1.165, 1.54) is 10.9 Å². The summed E-state index contributed by atoms with van der Waals surface area (Å²) in [5.41, 5.74) is 2.32. The highest BCUT2D eigenvalue weighted by Gasteiger charge is 2.14. The Labute approximate surface area is 83.6 Å². The standard InChI is InChI=1S/C12H15NO/c1-8(9(2)14)11-7-13-12-6-4-3-5-10(11)12/h3-9,13-14H,1-2H3/t8-,9+/m1/s1. The molecule has 2 nitrogen and oxygen atoms in total. The molecule has 0 bridgehead atoms. The molecule has 1 aromatic carbocycles. The van der Waals surface area contributed by atoms with Gasteiger partial charge in [-0.2, -0.15) is 0 Å². The minimum Gasteiger partial charge on any atom is -0.393 e. The summed E-state index contributed by atoms with van der Waals surface area (Å²) >= 11 is 0. The number of benzene rings is 1. The lowest BCUT2D eigenvalue weighted by Gasteiger charge is -2.13. The van der Waals surface area contributed by atoms with Crippen LogP contribution in [0.5, 0.6) is 0 Å². The molecule has 14 heavy (non-hydrogen) atoms. The zero-order valence-electron chi connectivity index (χ0n) is 8.49. The molecular formula is C12H15NO. The fourth-order valence-electron chi connectivity index (χ4n) is 1.73. The Balaban J connectivity index is 2.53. The molecular weight excluding hydrogens is 174 g/mol. The Bertz CT molecular complexity index is 431. The number of hydrogen-bond donors (Lipinski definition) is 2. The van der Waals surface area contributed by atoms with Crippen LogP contribution in [0.2, 0.25) is 0 Å². The van der Waals surface area contributed by atoms with Crippen molar-refractivity contribution < 1.29 is 5.11 Å². The average molecular weight is 189 g/mol. The zero-order valence-corrected chi connectivity index (χ0v) is 8.49. The zero-order chi connectivity index (χ0) is 10.1. The van der Waals surface area contributed by atoms with Crippen LogP contribution in [0.1, 0.15) is 25.3 Å². The number of hydrogen-bond acceptors (Lipinski definition) is 1. The molecule has 0 saturated heterocycles. The van der Waals surface area contributed by atoms with E-state index in [9.17, 15) is 5.11 Å². The Morgan fingerprint density at radius 3 is 2.64 bits per heavy atom. The van der Waals surface area contributed by atoms with Crippen LogP contribution in [0, 0.1) is 0 Å². The third-order valence-corrected chi connectivity index (χ3v) is 2.84. The predicted octanol–water partition coefficient (Wildman–Crippen LogP) is 2.65. The number of rotatable bonds is 2. The molecule has 1 aromatic heterocycles. The molecule has 2 heteroatoms. The van der Waals surface area contributed by atoms with Gasteiger partial charge < -0.3 is 10.1 Å². The second-order valence-corrected chi connectivity index (χ2v) is 3.82. The number of aliphatic hydroxyl groups excluding tert-OH is 1. The number of nitrogens with one attached hydrogen (secondary N) is 1. The van der Waals surface area contributed by atoms with Gasteiger partial charge in [0, 0.05) is 23.0 Å². The van der Waals surface area contributed by atoms with E-state index in [4.69, 9.17) is 0 Å². The van der Waals surface area contributed by atoms with Crippen molar-refractivity contribution in [2.75, 3.05) is 0 Å². The maximum Gasteiger partial charge on any atom is 0.0578 e. The van der Waals surface area contributed by atoms with E-state index in [0.29, 0.717) is 0 Å². The van der Waals surface area contributed by atoms with Crippen LogP contribution in [0.15, 0.2) is 30.5 Å². The van der Waals surface area contributed by atoms with Crippen molar-refractivity contribution in [1.82, 2.24) is 4.98 Å². The largest absolute Gasteiger partial charge is 0.393 e. The molecule has 0 saturated carbocycles. The third kappa shape index (κ3) is 1.42. The Morgan fingerprint density at radius 1 is 1.21 bits per heavy atom. The Morgan fingerprint density at radius 2 is 1.93 bits per heavy atom. The van der Waals surface area contributed by atoms with Gasteiger partial charge in [0.15, 0.2) is 0 Å². The summed E-state index contributed by atoms with van der Waals surface area (Å²) < 4.78 is 0. The highest BCUT2D eigenvalue weighted by molar-refractivity contribution is 5.83. The number of fused-ring (bicyclic) bond motifs is 1. The minimum atomic E-state index is -0.311. The van der Waals surface area contributed by atoms with Crippen LogP contribution in [0.3, 0.4) is 0 Å². The quantitative estimate of drug-likeness (QED) is 0.748. The SMILES string of the molecule is C[C@H](O)[C@@H](C)c1c[nH]c2ccccc12.